The van der Waals surface area contributed by atoms with Crippen molar-refractivity contribution >= 4 is 46.4 Å². The summed E-state index contributed by atoms with van der Waals surface area (Å²) in [4.78, 5) is 34.0. The molecule has 0 N–H and O–H groups in total. The van der Waals surface area contributed by atoms with Crippen molar-refractivity contribution in [1.29, 1.82) is 0 Å². The number of hydrogen-bond donors (Lipinski definition) is 0. The van der Waals surface area contributed by atoms with Crippen LogP contribution in [0.4, 0.5) is 0 Å². The Kier molecular flexibility index (Phi) is 12.3. The molecule has 0 heterocycles. The van der Waals surface area contributed by atoms with Crippen LogP contribution in [0.3, 0.4) is 0 Å². The number of carbonyl (C=O) groups excluding carboxylic acids is 3. The van der Waals surface area contributed by atoms with Gasteiger partial charge in [0.1, 0.15) is 11.5 Å². The monoisotopic (exact) mass is 388 g/mol. The van der Waals surface area contributed by atoms with Gasteiger partial charge in [0.15, 0.2) is 6.61 Å². The molecule has 0 aromatic heterocycles. The number of carbonyl (C=O) groups is 3. The summed E-state index contributed by atoms with van der Waals surface area (Å²) < 4.78 is 31.9. The second kappa shape index (κ2) is 12.7. The van der Waals surface area contributed by atoms with Gasteiger partial charge in [-0.25, -0.2) is 4.79 Å². The van der Waals surface area contributed by atoms with E-state index in [1.807, 2.05) is 0 Å². The normalized spacial score (nSPS) is 10.9. The van der Waals surface area contributed by atoms with Crippen molar-refractivity contribution in [3.05, 3.63) is 0 Å². The van der Waals surface area contributed by atoms with Gasteiger partial charge >= 0.3 is 23.7 Å². The highest BCUT2D eigenvalue weighted by Crippen LogP contribution is 2.69. The van der Waals surface area contributed by atoms with Crippen LogP contribution in [0.1, 0.15) is 20.8 Å². The molecule has 0 aliphatic carbocycles. The van der Waals surface area contributed by atoms with Crippen LogP contribution < -0.4 is 0 Å². The Morgan fingerprint density at radius 3 is 1.57 bits per heavy atom. The largest absolute Gasteiger partial charge is 0.465 e. The summed E-state index contributed by atoms with van der Waals surface area (Å²) in [7, 11) is 0. The highest BCUT2D eigenvalue weighted by atomic mass is 33.1. The van der Waals surface area contributed by atoms with E-state index in [0.29, 0.717) is 22.8 Å². The maximum atomic E-state index is 12.6. The van der Waals surface area contributed by atoms with E-state index in [1.165, 1.54) is 0 Å². The van der Waals surface area contributed by atoms with E-state index in [1.54, 1.807) is 20.8 Å². The lowest BCUT2D eigenvalue weighted by Gasteiger charge is -2.16. The van der Waals surface area contributed by atoms with Gasteiger partial charge in [0.2, 0.25) is 0 Å². The lowest BCUT2D eigenvalue weighted by Crippen LogP contribution is -2.12. The summed E-state index contributed by atoms with van der Waals surface area (Å²) in [6.07, 6.45) is 0. The quantitative estimate of drug-likeness (QED) is 0.281. The van der Waals surface area contributed by atoms with E-state index < -0.39 is 30.3 Å². The summed E-state index contributed by atoms with van der Waals surface area (Å²) in [6.45, 7) is 4.95. The first-order valence-electron chi connectivity index (χ1n) is 6.87. The van der Waals surface area contributed by atoms with Gasteiger partial charge in [-0.05, 0) is 43.5 Å². The third-order valence-electron chi connectivity index (χ3n) is 1.94. The first-order chi connectivity index (χ1) is 10.9. The Bertz CT molecular complexity index is 381. The number of ether oxygens (including phenoxy) is 3. The van der Waals surface area contributed by atoms with Crippen LogP contribution in [-0.2, 0) is 37.7 Å². The van der Waals surface area contributed by atoms with Crippen LogP contribution in [0.5, 0.6) is 0 Å². The highest BCUT2D eigenvalue weighted by molar-refractivity contribution is 8.89. The van der Waals surface area contributed by atoms with Gasteiger partial charge in [0, 0.05) is 0 Å². The summed E-state index contributed by atoms with van der Waals surface area (Å²) >= 11 is 1.40. The first-order valence-corrected chi connectivity index (χ1v) is 11.7. The maximum Gasteiger partial charge on any atom is 0.332 e. The van der Waals surface area contributed by atoms with E-state index in [9.17, 15) is 18.9 Å². The molecule has 0 aliphatic heterocycles. The van der Waals surface area contributed by atoms with Crippen molar-refractivity contribution < 1.29 is 37.7 Å². The standard InChI is InChI=1S/C12H21O8PS2/c1-4-17-10(13)7-20-21(16,22-8-11(14)18-5-2)23-9-12(15)19-6-3/h4-9H2,1-3H3. The highest BCUT2D eigenvalue weighted by Gasteiger charge is 2.29. The van der Waals surface area contributed by atoms with Gasteiger partial charge in [-0.3, -0.25) is 14.2 Å². The lowest BCUT2D eigenvalue weighted by molar-refractivity contribution is -0.145. The van der Waals surface area contributed by atoms with Gasteiger partial charge in [-0.2, -0.15) is 0 Å². The molecule has 0 spiro atoms. The summed E-state index contributed by atoms with van der Waals surface area (Å²) in [5.41, 5.74) is 0. The SMILES string of the molecule is CCOC(=O)COP(=O)(SCC(=O)OCC)SCC(=O)OCC. The van der Waals surface area contributed by atoms with Gasteiger partial charge < -0.3 is 18.7 Å². The molecule has 0 aliphatic rings. The minimum absolute atomic E-state index is 0.165. The molecule has 0 fully saturated rings. The molecule has 0 aromatic rings. The minimum Gasteiger partial charge on any atom is -0.465 e. The van der Waals surface area contributed by atoms with E-state index in [4.69, 9.17) is 14.0 Å². The molecule has 0 rings (SSSR count). The second-order valence-electron chi connectivity index (χ2n) is 3.68. The molecule has 0 atom stereocenters. The average Bonchev–Trinajstić information content (AvgIpc) is 2.50. The van der Waals surface area contributed by atoms with Crippen LogP contribution >= 0.6 is 28.5 Å². The fourth-order valence-electron chi connectivity index (χ4n) is 1.12. The Morgan fingerprint density at radius 1 is 0.783 bits per heavy atom. The molecule has 0 unspecified atom stereocenters. The number of hydrogen-bond acceptors (Lipinski definition) is 10. The average molecular weight is 388 g/mol. The zero-order chi connectivity index (χ0) is 17.7. The minimum atomic E-state index is -3.52. The van der Waals surface area contributed by atoms with Gasteiger partial charge in [0.25, 0.3) is 0 Å². The Labute approximate surface area is 143 Å². The lowest BCUT2D eigenvalue weighted by atomic mass is 10.7. The summed E-state index contributed by atoms with van der Waals surface area (Å²) in [6, 6.07) is 0. The number of rotatable bonds is 12. The molecule has 0 aromatic carbocycles. The molecule has 0 amide bonds. The number of esters is 3. The Balaban J connectivity index is 4.61. The first kappa shape index (κ1) is 22.3. The molecule has 23 heavy (non-hydrogen) atoms. The fourth-order valence-corrected chi connectivity index (χ4v) is 6.48. The summed E-state index contributed by atoms with van der Waals surface area (Å²) in [5.74, 6) is -5.76. The molecule has 0 saturated carbocycles. The predicted molar refractivity (Wildman–Crippen MR) is 88.4 cm³/mol. The zero-order valence-electron chi connectivity index (χ0n) is 13.3. The predicted octanol–water partition coefficient (Wildman–Crippen LogP) is 2.27. The van der Waals surface area contributed by atoms with Gasteiger partial charge in [-0.1, -0.05) is 0 Å². The van der Waals surface area contributed by atoms with Crippen molar-refractivity contribution in [1.82, 2.24) is 0 Å². The molecule has 0 radical (unpaired) electrons. The Hall–Kier alpha value is -0.700. The van der Waals surface area contributed by atoms with Crippen molar-refractivity contribution in [2.75, 3.05) is 37.9 Å². The van der Waals surface area contributed by atoms with Gasteiger partial charge in [0.05, 0.1) is 19.8 Å². The molecule has 134 valence electrons. The molecule has 11 heteroatoms. The molecule has 8 nitrogen and oxygen atoms in total. The Morgan fingerprint density at radius 2 is 1.17 bits per heavy atom. The van der Waals surface area contributed by atoms with Crippen molar-refractivity contribution in [3.63, 3.8) is 0 Å². The van der Waals surface area contributed by atoms with E-state index in [0.717, 1.165) is 0 Å². The van der Waals surface area contributed by atoms with Crippen molar-refractivity contribution in [3.8, 4) is 0 Å². The van der Waals surface area contributed by atoms with Crippen LogP contribution in [0.15, 0.2) is 0 Å². The molecule has 0 bridgehead atoms. The van der Waals surface area contributed by atoms with Crippen LogP contribution in [-0.4, -0.2) is 55.8 Å². The van der Waals surface area contributed by atoms with Crippen molar-refractivity contribution in [2.45, 2.75) is 20.8 Å². The van der Waals surface area contributed by atoms with E-state index in [2.05, 4.69) is 4.74 Å². The molecule has 0 saturated heterocycles. The smallest absolute Gasteiger partial charge is 0.332 e. The third-order valence-corrected chi connectivity index (χ3v) is 8.95. The van der Waals surface area contributed by atoms with Gasteiger partial charge in [-0.15, -0.1) is 0 Å². The topological polar surface area (TPSA) is 105 Å². The third kappa shape index (κ3) is 11.5. The fraction of sp³-hybridized carbons (Fsp3) is 0.750. The summed E-state index contributed by atoms with van der Waals surface area (Å²) in [5, 5.41) is 0. The van der Waals surface area contributed by atoms with Crippen molar-refractivity contribution in [2.24, 2.45) is 0 Å². The molecular weight excluding hydrogens is 367 g/mol. The zero-order valence-corrected chi connectivity index (χ0v) is 15.8. The van der Waals surface area contributed by atoms with E-state index in [-0.39, 0.29) is 31.3 Å². The van der Waals surface area contributed by atoms with Crippen LogP contribution in [0.2, 0.25) is 0 Å². The van der Waals surface area contributed by atoms with Crippen LogP contribution in [0, 0.1) is 0 Å². The van der Waals surface area contributed by atoms with Crippen LogP contribution in [0.25, 0.3) is 0 Å². The van der Waals surface area contributed by atoms with E-state index >= 15 is 0 Å². The molecular formula is C12H21O8PS2. The maximum absolute atomic E-state index is 12.6. The second-order valence-corrected chi connectivity index (χ2v) is 11.1.